The minimum absolute atomic E-state index is 0.0438. The largest absolute Gasteiger partial charge is 0.480 e. The highest BCUT2D eigenvalue weighted by Gasteiger charge is 2.44. The summed E-state index contributed by atoms with van der Waals surface area (Å²) in [5.74, 6) is -3.57. The van der Waals surface area contributed by atoms with E-state index in [0.29, 0.717) is 6.42 Å². The number of nitrogens with two attached hydrogens (primary N) is 1. The lowest BCUT2D eigenvalue weighted by atomic mass is 10.1. The standard InChI is InChI=1S/C21H37N3O8SSi/c1-21(2,3)34(4,5)32-15-8-12(25)9-16(15)33-11-14(19(29)23-10-18(27)28)24-17(26)7-6-13(22)20(30)31/h13-16H,6-11,22H2,1-5H3,(H,23,29)(H,24,26)(H,27,28)(H,30,31)/t13?,14-,15-,16-/m0/s1. The number of carbonyl (C=O) groups excluding carboxylic acids is 3. The topological polar surface area (TPSA) is 185 Å². The van der Waals surface area contributed by atoms with E-state index in [0.717, 1.165) is 0 Å². The van der Waals surface area contributed by atoms with E-state index in [1.807, 2.05) is 0 Å². The van der Waals surface area contributed by atoms with Crippen LogP contribution in [-0.2, 0) is 28.4 Å². The normalized spacial score (nSPS) is 20.5. The van der Waals surface area contributed by atoms with E-state index in [2.05, 4.69) is 44.5 Å². The third kappa shape index (κ3) is 9.72. The number of thioether (sulfide) groups is 1. The van der Waals surface area contributed by atoms with Gasteiger partial charge in [0.1, 0.15) is 24.4 Å². The van der Waals surface area contributed by atoms with E-state index in [9.17, 15) is 24.0 Å². The summed E-state index contributed by atoms with van der Waals surface area (Å²) < 4.78 is 6.45. The van der Waals surface area contributed by atoms with Crippen LogP contribution in [0.3, 0.4) is 0 Å². The first-order valence-corrected chi connectivity index (χ1v) is 15.1. The molecule has 13 heteroatoms. The molecule has 0 heterocycles. The van der Waals surface area contributed by atoms with Crippen LogP contribution in [0.2, 0.25) is 18.1 Å². The maximum absolute atomic E-state index is 12.5. The van der Waals surface area contributed by atoms with Crippen molar-refractivity contribution in [3.63, 3.8) is 0 Å². The van der Waals surface area contributed by atoms with Crippen LogP contribution in [-0.4, -0.2) is 83.8 Å². The van der Waals surface area contributed by atoms with Crippen molar-refractivity contribution in [2.24, 2.45) is 5.73 Å². The summed E-state index contributed by atoms with van der Waals surface area (Å²) in [6, 6.07) is -2.28. The fraction of sp³-hybridized carbons (Fsp3) is 0.762. The molecular weight excluding hydrogens is 482 g/mol. The first-order chi connectivity index (χ1) is 15.5. The number of ketones is 1. The second kappa shape index (κ2) is 12.7. The molecule has 0 radical (unpaired) electrons. The van der Waals surface area contributed by atoms with Crippen molar-refractivity contribution >= 4 is 49.6 Å². The van der Waals surface area contributed by atoms with Gasteiger partial charge in [0.05, 0.1) is 6.10 Å². The van der Waals surface area contributed by atoms with Gasteiger partial charge in [0, 0.05) is 30.3 Å². The number of carboxylic acids is 2. The molecule has 0 saturated heterocycles. The number of aliphatic carboxylic acids is 2. The van der Waals surface area contributed by atoms with Crippen LogP contribution in [0.4, 0.5) is 0 Å². The van der Waals surface area contributed by atoms with E-state index in [1.54, 1.807) is 0 Å². The Morgan fingerprint density at radius 2 is 1.82 bits per heavy atom. The molecule has 1 saturated carbocycles. The number of hydrogen-bond donors (Lipinski definition) is 5. The van der Waals surface area contributed by atoms with E-state index in [4.69, 9.17) is 20.4 Å². The minimum atomic E-state index is -2.14. The Labute approximate surface area is 205 Å². The molecular formula is C21H37N3O8SSi. The Morgan fingerprint density at radius 3 is 2.35 bits per heavy atom. The van der Waals surface area contributed by atoms with Gasteiger partial charge in [-0.2, -0.15) is 11.8 Å². The molecule has 1 fully saturated rings. The zero-order valence-electron chi connectivity index (χ0n) is 20.4. The second-order valence-corrected chi connectivity index (χ2v) is 16.0. The van der Waals surface area contributed by atoms with E-state index in [-0.39, 0.29) is 47.2 Å². The Balaban J connectivity index is 2.85. The Morgan fingerprint density at radius 1 is 1.21 bits per heavy atom. The highest BCUT2D eigenvalue weighted by molar-refractivity contribution is 8.00. The number of rotatable bonds is 13. The molecule has 0 bridgehead atoms. The van der Waals surface area contributed by atoms with Crippen LogP contribution in [0.1, 0.15) is 46.5 Å². The van der Waals surface area contributed by atoms with Crippen LogP contribution < -0.4 is 16.4 Å². The zero-order chi connectivity index (χ0) is 26.3. The lowest BCUT2D eigenvalue weighted by Crippen LogP contribution is -2.50. The van der Waals surface area contributed by atoms with Gasteiger partial charge in [0.15, 0.2) is 8.32 Å². The summed E-state index contributed by atoms with van der Waals surface area (Å²) in [7, 11) is -2.14. The van der Waals surface area contributed by atoms with Crippen LogP contribution in [0, 0.1) is 0 Å². The van der Waals surface area contributed by atoms with Crippen LogP contribution in [0.5, 0.6) is 0 Å². The highest BCUT2D eigenvalue weighted by Crippen LogP contribution is 2.41. The van der Waals surface area contributed by atoms with Gasteiger partial charge in [-0.3, -0.25) is 24.0 Å². The smallest absolute Gasteiger partial charge is 0.322 e. The molecule has 0 aromatic rings. The monoisotopic (exact) mass is 519 g/mol. The number of Topliss-reactive ketones (excluding diaryl/α,β-unsaturated/α-hetero) is 1. The minimum Gasteiger partial charge on any atom is -0.480 e. The van der Waals surface area contributed by atoms with Gasteiger partial charge in [0.25, 0.3) is 0 Å². The summed E-state index contributed by atoms with van der Waals surface area (Å²) in [5, 5.41) is 22.2. The van der Waals surface area contributed by atoms with Gasteiger partial charge in [-0.05, 0) is 24.6 Å². The van der Waals surface area contributed by atoms with E-state index >= 15 is 0 Å². The van der Waals surface area contributed by atoms with Crippen molar-refractivity contribution in [2.45, 2.75) is 88.0 Å². The van der Waals surface area contributed by atoms with Gasteiger partial charge in [-0.25, -0.2) is 0 Å². The Hall–Kier alpha value is -1.96. The van der Waals surface area contributed by atoms with Crippen molar-refractivity contribution in [3.8, 4) is 0 Å². The van der Waals surface area contributed by atoms with Crippen molar-refractivity contribution in [1.29, 1.82) is 0 Å². The number of hydrogen-bond acceptors (Lipinski definition) is 8. The quantitative estimate of drug-likeness (QED) is 0.217. The summed E-state index contributed by atoms with van der Waals surface area (Å²) in [6.45, 7) is 9.90. The van der Waals surface area contributed by atoms with Gasteiger partial charge >= 0.3 is 11.9 Å². The molecule has 0 aliphatic heterocycles. The average Bonchev–Trinajstić information content (AvgIpc) is 3.04. The molecule has 4 atom stereocenters. The van der Waals surface area contributed by atoms with Gasteiger partial charge < -0.3 is 31.0 Å². The molecule has 2 amide bonds. The molecule has 1 unspecified atom stereocenters. The van der Waals surface area contributed by atoms with Crippen LogP contribution in [0.25, 0.3) is 0 Å². The lowest BCUT2D eigenvalue weighted by molar-refractivity contribution is -0.139. The van der Waals surface area contributed by atoms with E-state index in [1.165, 1.54) is 11.8 Å². The summed E-state index contributed by atoms with van der Waals surface area (Å²) in [5.41, 5.74) is 5.42. The molecule has 194 valence electrons. The molecule has 0 spiro atoms. The summed E-state index contributed by atoms with van der Waals surface area (Å²) in [4.78, 5) is 58.7. The molecule has 0 aromatic carbocycles. The Kier molecular flexibility index (Phi) is 11.2. The van der Waals surface area contributed by atoms with Crippen molar-refractivity contribution < 1.29 is 38.6 Å². The first-order valence-electron chi connectivity index (χ1n) is 11.1. The fourth-order valence-corrected chi connectivity index (χ4v) is 5.80. The van der Waals surface area contributed by atoms with Crippen molar-refractivity contribution in [2.75, 3.05) is 12.3 Å². The molecule has 11 nitrogen and oxygen atoms in total. The molecule has 1 aliphatic carbocycles. The van der Waals surface area contributed by atoms with Gasteiger partial charge in [-0.15, -0.1) is 0 Å². The highest BCUT2D eigenvalue weighted by atomic mass is 32.2. The van der Waals surface area contributed by atoms with Crippen LogP contribution in [0.15, 0.2) is 0 Å². The van der Waals surface area contributed by atoms with E-state index < -0.39 is 50.7 Å². The predicted molar refractivity (Wildman–Crippen MR) is 130 cm³/mol. The maximum atomic E-state index is 12.5. The molecule has 0 aromatic heterocycles. The van der Waals surface area contributed by atoms with Gasteiger partial charge in [-0.1, -0.05) is 20.8 Å². The third-order valence-electron chi connectivity index (χ3n) is 6.07. The molecule has 1 aliphatic rings. The number of nitrogens with one attached hydrogen (secondary N) is 2. The van der Waals surface area contributed by atoms with Crippen molar-refractivity contribution in [3.05, 3.63) is 0 Å². The Bertz CT molecular complexity index is 786. The number of carbonyl (C=O) groups is 5. The number of carboxylic acid groups (broad SMARTS) is 2. The number of amides is 2. The summed E-state index contributed by atoms with van der Waals surface area (Å²) >= 11 is 1.32. The molecule has 1 rings (SSSR count). The summed E-state index contributed by atoms with van der Waals surface area (Å²) in [6.07, 6.45) is -0.0451. The zero-order valence-corrected chi connectivity index (χ0v) is 22.2. The molecule has 6 N–H and O–H groups in total. The SMILES string of the molecule is CC(C)(C)[Si](C)(C)O[C@H]1CC(=O)C[C@@H]1SC[C@H](NC(=O)CCC(N)C(=O)O)C(=O)NCC(=O)O. The van der Waals surface area contributed by atoms with Crippen LogP contribution >= 0.6 is 11.8 Å². The first kappa shape index (κ1) is 30.1. The third-order valence-corrected chi connectivity index (χ3v) is 12.0. The molecule has 34 heavy (non-hydrogen) atoms. The maximum Gasteiger partial charge on any atom is 0.322 e. The second-order valence-electron chi connectivity index (χ2n) is 9.95. The average molecular weight is 520 g/mol. The van der Waals surface area contributed by atoms with Crippen molar-refractivity contribution in [1.82, 2.24) is 10.6 Å². The fourth-order valence-electron chi connectivity index (χ4n) is 3.00. The predicted octanol–water partition coefficient (Wildman–Crippen LogP) is 0.719. The lowest BCUT2D eigenvalue weighted by Gasteiger charge is -2.39. The van der Waals surface area contributed by atoms with Gasteiger partial charge in [0.2, 0.25) is 11.8 Å².